The van der Waals surface area contributed by atoms with E-state index in [9.17, 15) is 5.11 Å². The van der Waals surface area contributed by atoms with E-state index in [1.165, 1.54) is 16.0 Å². The highest BCUT2D eigenvalue weighted by Crippen LogP contribution is 2.28. The second-order valence-electron chi connectivity index (χ2n) is 4.15. The Kier molecular flexibility index (Phi) is 4.21. The third-order valence-electron chi connectivity index (χ3n) is 2.93. The Morgan fingerprint density at radius 3 is 2.59 bits per heavy atom. The van der Waals surface area contributed by atoms with Gasteiger partial charge in [-0.05, 0) is 36.6 Å². The van der Waals surface area contributed by atoms with Gasteiger partial charge in [0.1, 0.15) is 0 Å². The monoisotopic (exact) mass is 266 g/mol. The minimum atomic E-state index is 0.158. The molecule has 0 fully saturated rings. The van der Waals surface area contributed by atoms with E-state index in [0.717, 1.165) is 10.8 Å². The number of thiophene rings is 1. The standard InChI is InChI=1S/C14H15ClOS/c1-10-4-2-3-5-13(10)11(9-16)8-12-6-7-14(15)17-12/h2-7,11,16H,8-9H2,1H3. The molecular formula is C14H15ClOS. The number of benzene rings is 1. The zero-order valence-electron chi connectivity index (χ0n) is 9.69. The summed E-state index contributed by atoms with van der Waals surface area (Å²) in [6.45, 7) is 2.25. The van der Waals surface area contributed by atoms with Gasteiger partial charge in [-0.15, -0.1) is 11.3 Å². The van der Waals surface area contributed by atoms with E-state index in [4.69, 9.17) is 11.6 Å². The lowest BCUT2D eigenvalue weighted by molar-refractivity contribution is 0.264. The summed E-state index contributed by atoms with van der Waals surface area (Å²) < 4.78 is 0.807. The Labute approximate surface area is 111 Å². The second-order valence-corrected chi connectivity index (χ2v) is 5.95. The topological polar surface area (TPSA) is 20.2 Å². The first-order chi connectivity index (χ1) is 8.20. The molecule has 90 valence electrons. The summed E-state index contributed by atoms with van der Waals surface area (Å²) in [5.41, 5.74) is 2.45. The molecule has 1 heterocycles. The van der Waals surface area contributed by atoms with Crippen molar-refractivity contribution in [2.24, 2.45) is 0 Å². The number of rotatable bonds is 4. The van der Waals surface area contributed by atoms with E-state index < -0.39 is 0 Å². The second kappa shape index (κ2) is 5.67. The van der Waals surface area contributed by atoms with Crippen LogP contribution in [-0.2, 0) is 6.42 Å². The van der Waals surface area contributed by atoms with Crippen molar-refractivity contribution < 1.29 is 5.11 Å². The molecule has 0 saturated carbocycles. The summed E-state index contributed by atoms with van der Waals surface area (Å²) in [5.74, 6) is 0.158. The molecule has 2 aromatic rings. The summed E-state index contributed by atoms with van der Waals surface area (Å²) >= 11 is 7.51. The normalized spacial score (nSPS) is 12.6. The molecule has 0 saturated heterocycles. The average molecular weight is 267 g/mol. The van der Waals surface area contributed by atoms with Crippen LogP contribution in [0.5, 0.6) is 0 Å². The molecule has 0 aliphatic heterocycles. The lowest BCUT2D eigenvalue weighted by Gasteiger charge is -2.16. The molecule has 0 aliphatic carbocycles. The maximum absolute atomic E-state index is 9.54. The number of hydrogen-bond acceptors (Lipinski definition) is 2. The fourth-order valence-corrected chi connectivity index (χ4v) is 3.19. The summed E-state index contributed by atoms with van der Waals surface area (Å²) in [6.07, 6.45) is 0.846. The smallest absolute Gasteiger partial charge is 0.0931 e. The molecule has 0 aliphatic rings. The Bertz CT molecular complexity index is 492. The highest BCUT2D eigenvalue weighted by atomic mass is 35.5. The molecular weight excluding hydrogens is 252 g/mol. The minimum absolute atomic E-state index is 0.158. The van der Waals surface area contributed by atoms with Crippen LogP contribution in [0, 0.1) is 6.92 Å². The van der Waals surface area contributed by atoms with Gasteiger partial charge in [0.15, 0.2) is 0 Å². The first-order valence-corrected chi connectivity index (χ1v) is 6.80. The van der Waals surface area contributed by atoms with Gasteiger partial charge in [-0.2, -0.15) is 0 Å². The lowest BCUT2D eigenvalue weighted by atomic mass is 9.92. The summed E-state index contributed by atoms with van der Waals surface area (Å²) in [6, 6.07) is 12.2. The highest BCUT2D eigenvalue weighted by molar-refractivity contribution is 7.16. The average Bonchev–Trinajstić information content (AvgIpc) is 2.73. The van der Waals surface area contributed by atoms with Crippen LogP contribution in [0.4, 0.5) is 0 Å². The Balaban J connectivity index is 2.20. The number of aryl methyl sites for hydroxylation is 1. The molecule has 3 heteroatoms. The van der Waals surface area contributed by atoms with E-state index in [1.807, 2.05) is 24.3 Å². The minimum Gasteiger partial charge on any atom is -0.396 e. The first kappa shape index (κ1) is 12.6. The zero-order chi connectivity index (χ0) is 12.3. The Hall–Kier alpha value is -0.830. The van der Waals surface area contributed by atoms with Gasteiger partial charge in [0, 0.05) is 10.8 Å². The molecule has 0 radical (unpaired) electrons. The number of aliphatic hydroxyl groups is 1. The van der Waals surface area contributed by atoms with Crippen LogP contribution >= 0.6 is 22.9 Å². The van der Waals surface area contributed by atoms with Crippen LogP contribution in [0.25, 0.3) is 0 Å². The van der Waals surface area contributed by atoms with Crippen LogP contribution in [0.2, 0.25) is 4.34 Å². The first-order valence-electron chi connectivity index (χ1n) is 5.61. The van der Waals surface area contributed by atoms with Crippen LogP contribution in [0.1, 0.15) is 21.9 Å². The van der Waals surface area contributed by atoms with Crippen molar-refractivity contribution in [2.45, 2.75) is 19.3 Å². The van der Waals surface area contributed by atoms with Gasteiger partial charge in [-0.3, -0.25) is 0 Å². The van der Waals surface area contributed by atoms with Crippen molar-refractivity contribution in [1.82, 2.24) is 0 Å². The molecule has 0 amide bonds. The van der Waals surface area contributed by atoms with Crippen LogP contribution in [0.3, 0.4) is 0 Å². The van der Waals surface area contributed by atoms with E-state index in [2.05, 4.69) is 19.1 Å². The van der Waals surface area contributed by atoms with Crippen LogP contribution in [0.15, 0.2) is 36.4 Å². The Morgan fingerprint density at radius 1 is 1.24 bits per heavy atom. The third kappa shape index (κ3) is 3.09. The predicted molar refractivity (Wildman–Crippen MR) is 74.0 cm³/mol. The van der Waals surface area contributed by atoms with E-state index in [0.29, 0.717) is 0 Å². The fraction of sp³-hybridized carbons (Fsp3) is 0.286. The maximum Gasteiger partial charge on any atom is 0.0931 e. The molecule has 1 nitrogen and oxygen atoms in total. The molecule has 1 unspecified atom stereocenters. The van der Waals surface area contributed by atoms with Gasteiger partial charge in [-0.1, -0.05) is 35.9 Å². The Morgan fingerprint density at radius 2 is 2.00 bits per heavy atom. The third-order valence-corrected chi connectivity index (χ3v) is 4.18. The molecule has 0 spiro atoms. The van der Waals surface area contributed by atoms with Crippen LogP contribution < -0.4 is 0 Å². The summed E-state index contributed by atoms with van der Waals surface area (Å²) in [4.78, 5) is 1.22. The summed E-state index contributed by atoms with van der Waals surface area (Å²) in [7, 11) is 0. The molecule has 17 heavy (non-hydrogen) atoms. The van der Waals surface area contributed by atoms with Gasteiger partial charge in [-0.25, -0.2) is 0 Å². The van der Waals surface area contributed by atoms with Gasteiger partial charge in [0.25, 0.3) is 0 Å². The molecule has 0 bridgehead atoms. The molecule has 1 aromatic heterocycles. The predicted octanol–water partition coefficient (Wildman–Crippen LogP) is 4.03. The van der Waals surface area contributed by atoms with Crippen molar-refractivity contribution in [3.8, 4) is 0 Å². The van der Waals surface area contributed by atoms with E-state index in [-0.39, 0.29) is 12.5 Å². The van der Waals surface area contributed by atoms with Gasteiger partial charge >= 0.3 is 0 Å². The zero-order valence-corrected chi connectivity index (χ0v) is 11.3. The van der Waals surface area contributed by atoms with Gasteiger partial charge < -0.3 is 5.11 Å². The largest absolute Gasteiger partial charge is 0.396 e. The van der Waals surface area contributed by atoms with Crippen molar-refractivity contribution >= 4 is 22.9 Å². The number of halogens is 1. The number of hydrogen-bond donors (Lipinski definition) is 1. The van der Waals surface area contributed by atoms with E-state index >= 15 is 0 Å². The fourth-order valence-electron chi connectivity index (χ4n) is 2.02. The summed E-state index contributed by atoms with van der Waals surface area (Å²) in [5, 5.41) is 9.54. The molecule has 1 atom stereocenters. The van der Waals surface area contributed by atoms with Crippen molar-refractivity contribution in [3.05, 3.63) is 56.7 Å². The van der Waals surface area contributed by atoms with Crippen LogP contribution in [-0.4, -0.2) is 11.7 Å². The van der Waals surface area contributed by atoms with E-state index in [1.54, 1.807) is 11.3 Å². The van der Waals surface area contributed by atoms with Crippen molar-refractivity contribution in [1.29, 1.82) is 0 Å². The van der Waals surface area contributed by atoms with Crippen molar-refractivity contribution in [3.63, 3.8) is 0 Å². The van der Waals surface area contributed by atoms with Crippen molar-refractivity contribution in [2.75, 3.05) is 6.61 Å². The molecule has 2 rings (SSSR count). The quantitative estimate of drug-likeness (QED) is 0.886. The molecule has 1 N–H and O–H groups in total. The molecule has 1 aromatic carbocycles. The van der Waals surface area contributed by atoms with Gasteiger partial charge in [0.05, 0.1) is 10.9 Å². The number of aliphatic hydroxyl groups excluding tert-OH is 1. The maximum atomic E-state index is 9.54. The van der Waals surface area contributed by atoms with Gasteiger partial charge in [0.2, 0.25) is 0 Å². The lowest BCUT2D eigenvalue weighted by Crippen LogP contribution is -2.08. The highest BCUT2D eigenvalue weighted by Gasteiger charge is 2.14. The SMILES string of the molecule is Cc1ccccc1C(CO)Cc1ccc(Cl)s1.